The van der Waals surface area contributed by atoms with Gasteiger partial charge in [-0.15, -0.1) is 0 Å². The number of ketones is 1. The highest BCUT2D eigenvalue weighted by Crippen LogP contribution is 2.36. The lowest BCUT2D eigenvalue weighted by Gasteiger charge is -2.18. The highest BCUT2D eigenvalue weighted by atomic mass is 16.1. The van der Waals surface area contributed by atoms with Crippen LogP contribution in [0.4, 0.5) is 0 Å². The van der Waals surface area contributed by atoms with E-state index in [1.807, 2.05) is 42.5 Å². The Morgan fingerprint density at radius 3 is 1.00 bits per heavy atom. The maximum atomic E-state index is 11.8. The van der Waals surface area contributed by atoms with Gasteiger partial charge in [-0.1, -0.05) is 115 Å². The molecule has 0 aliphatic rings. The molecule has 0 bridgehead atoms. The van der Waals surface area contributed by atoms with Crippen LogP contribution in [0.2, 0.25) is 0 Å². The molecule has 4 rings (SSSR count). The Bertz CT molecular complexity index is 1080. The van der Waals surface area contributed by atoms with Crippen molar-refractivity contribution in [3.63, 3.8) is 0 Å². The molecule has 0 radical (unpaired) electrons. The summed E-state index contributed by atoms with van der Waals surface area (Å²) in [6.45, 7) is 1.60. The fourth-order valence-electron chi connectivity index (χ4n) is 3.60. The molecule has 1 heteroatoms. The molecule has 0 saturated carbocycles. The Balaban J connectivity index is 2.05. The van der Waals surface area contributed by atoms with Gasteiger partial charge in [-0.3, -0.25) is 4.79 Å². The molecule has 29 heavy (non-hydrogen) atoms. The van der Waals surface area contributed by atoms with Gasteiger partial charge in [0.05, 0.1) is 0 Å². The second-order valence-corrected chi connectivity index (χ2v) is 6.98. The zero-order valence-electron chi connectivity index (χ0n) is 16.4. The summed E-state index contributed by atoms with van der Waals surface area (Å²) in [5.74, 6) is 0.0770. The summed E-state index contributed by atoms with van der Waals surface area (Å²) in [5, 5.41) is 0. The minimum absolute atomic E-state index is 0.0770. The Hall–Kier alpha value is -3.71. The van der Waals surface area contributed by atoms with Crippen LogP contribution in [0.5, 0.6) is 0 Å². The van der Waals surface area contributed by atoms with Crippen molar-refractivity contribution in [1.82, 2.24) is 0 Å². The normalized spacial score (nSPS) is 10.4. The zero-order valence-corrected chi connectivity index (χ0v) is 16.4. The zero-order chi connectivity index (χ0) is 20.1. The first kappa shape index (κ1) is 18.6. The van der Waals surface area contributed by atoms with Crippen LogP contribution >= 0.6 is 0 Å². The van der Waals surface area contributed by atoms with Crippen LogP contribution in [-0.4, -0.2) is 5.78 Å². The van der Waals surface area contributed by atoms with Crippen LogP contribution in [0.1, 0.15) is 39.5 Å². The Morgan fingerprint density at radius 2 is 0.690 bits per heavy atom. The van der Waals surface area contributed by atoms with Crippen LogP contribution in [0.25, 0.3) is 11.1 Å². The molecule has 0 unspecified atom stereocenters. The van der Waals surface area contributed by atoms with Gasteiger partial charge in [0.2, 0.25) is 0 Å². The molecule has 140 valence electrons. The van der Waals surface area contributed by atoms with Crippen LogP contribution in [0, 0.1) is 0 Å². The fraction of sp³-hybridized carbons (Fsp3) is 0.0357. The van der Waals surface area contributed by atoms with Gasteiger partial charge in [-0.25, -0.2) is 0 Å². The standard InChI is InChI=1S/C28H22O/c1-21(29)22-17-19-26(20-18-22)28(25-15-9-4-10-16-25)27(23-11-5-2-6-12-23)24-13-7-3-8-14-24/h2-20H,1H3. The number of carbonyl (C=O) groups is 1. The summed E-state index contributed by atoms with van der Waals surface area (Å²) in [6, 6.07) is 39.3. The van der Waals surface area contributed by atoms with Gasteiger partial charge in [0.15, 0.2) is 5.78 Å². The quantitative estimate of drug-likeness (QED) is 0.274. The van der Waals surface area contributed by atoms with E-state index in [-0.39, 0.29) is 5.78 Å². The van der Waals surface area contributed by atoms with E-state index in [0.717, 1.165) is 33.4 Å². The van der Waals surface area contributed by atoms with Crippen molar-refractivity contribution in [2.75, 3.05) is 0 Å². The lowest BCUT2D eigenvalue weighted by molar-refractivity contribution is 0.101. The number of carbonyl (C=O) groups excluding carboxylic acids is 1. The molecule has 0 amide bonds. The van der Waals surface area contributed by atoms with Crippen LogP contribution < -0.4 is 0 Å². The van der Waals surface area contributed by atoms with Gasteiger partial charge >= 0.3 is 0 Å². The number of hydrogen-bond acceptors (Lipinski definition) is 1. The lowest BCUT2D eigenvalue weighted by atomic mass is 9.85. The van der Waals surface area contributed by atoms with Crippen LogP contribution in [0.3, 0.4) is 0 Å². The number of hydrogen-bond donors (Lipinski definition) is 0. The molecule has 0 aromatic heterocycles. The Kier molecular flexibility index (Phi) is 5.49. The van der Waals surface area contributed by atoms with Gasteiger partial charge in [0.1, 0.15) is 0 Å². The molecule has 0 aliphatic carbocycles. The van der Waals surface area contributed by atoms with E-state index >= 15 is 0 Å². The van der Waals surface area contributed by atoms with E-state index in [0.29, 0.717) is 0 Å². The highest BCUT2D eigenvalue weighted by molar-refractivity contribution is 6.05. The minimum atomic E-state index is 0.0770. The SMILES string of the molecule is CC(=O)c1ccc(C(=C(c2ccccc2)c2ccccc2)c2ccccc2)cc1. The highest BCUT2D eigenvalue weighted by Gasteiger charge is 2.16. The van der Waals surface area contributed by atoms with E-state index in [1.54, 1.807) is 6.92 Å². The Labute approximate surface area is 172 Å². The molecular formula is C28H22O. The van der Waals surface area contributed by atoms with E-state index in [2.05, 4.69) is 72.8 Å². The van der Waals surface area contributed by atoms with Crippen molar-refractivity contribution < 1.29 is 4.79 Å². The van der Waals surface area contributed by atoms with Crippen molar-refractivity contribution in [1.29, 1.82) is 0 Å². The summed E-state index contributed by atoms with van der Waals surface area (Å²) >= 11 is 0. The first-order chi connectivity index (χ1) is 14.2. The largest absolute Gasteiger partial charge is 0.295 e. The summed E-state index contributed by atoms with van der Waals surface area (Å²) < 4.78 is 0. The van der Waals surface area contributed by atoms with Gasteiger partial charge in [0.25, 0.3) is 0 Å². The molecule has 0 aliphatic heterocycles. The molecule has 4 aromatic rings. The van der Waals surface area contributed by atoms with Crippen LogP contribution in [-0.2, 0) is 0 Å². The minimum Gasteiger partial charge on any atom is -0.295 e. The maximum Gasteiger partial charge on any atom is 0.159 e. The second-order valence-electron chi connectivity index (χ2n) is 6.98. The molecule has 0 heterocycles. The third-order valence-corrected chi connectivity index (χ3v) is 5.02. The second kappa shape index (κ2) is 8.53. The summed E-state index contributed by atoms with van der Waals surface area (Å²) in [7, 11) is 0. The average Bonchev–Trinajstić information content (AvgIpc) is 2.79. The van der Waals surface area contributed by atoms with Crippen molar-refractivity contribution in [3.05, 3.63) is 143 Å². The maximum absolute atomic E-state index is 11.8. The molecule has 0 spiro atoms. The summed E-state index contributed by atoms with van der Waals surface area (Å²) in [4.78, 5) is 11.8. The van der Waals surface area contributed by atoms with Crippen LogP contribution in [0.15, 0.2) is 115 Å². The summed E-state index contributed by atoms with van der Waals surface area (Å²) in [5.41, 5.74) is 7.60. The predicted molar refractivity (Wildman–Crippen MR) is 121 cm³/mol. The van der Waals surface area contributed by atoms with Gasteiger partial charge in [-0.05, 0) is 40.3 Å². The number of rotatable bonds is 5. The molecule has 0 atom stereocenters. The first-order valence-electron chi connectivity index (χ1n) is 9.76. The number of Topliss-reactive ketones (excluding diaryl/α,β-unsaturated/α-hetero) is 1. The van der Waals surface area contributed by atoms with Gasteiger partial charge in [0, 0.05) is 5.56 Å². The van der Waals surface area contributed by atoms with Crippen molar-refractivity contribution in [2.24, 2.45) is 0 Å². The smallest absolute Gasteiger partial charge is 0.159 e. The monoisotopic (exact) mass is 374 g/mol. The van der Waals surface area contributed by atoms with E-state index in [1.165, 1.54) is 5.57 Å². The topological polar surface area (TPSA) is 17.1 Å². The first-order valence-corrected chi connectivity index (χ1v) is 9.76. The van der Waals surface area contributed by atoms with Crippen molar-refractivity contribution in [3.8, 4) is 0 Å². The molecule has 4 aromatic carbocycles. The molecular weight excluding hydrogens is 352 g/mol. The van der Waals surface area contributed by atoms with Gasteiger partial charge in [-0.2, -0.15) is 0 Å². The third-order valence-electron chi connectivity index (χ3n) is 5.02. The van der Waals surface area contributed by atoms with Crippen molar-refractivity contribution in [2.45, 2.75) is 6.92 Å². The molecule has 0 N–H and O–H groups in total. The lowest BCUT2D eigenvalue weighted by Crippen LogP contribution is -1.98. The van der Waals surface area contributed by atoms with E-state index < -0.39 is 0 Å². The molecule has 0 fully saturated rings. The summed E-state index contributed by atoms with van der Waals surface area (Å²) in [6.07, 6.45) is 0. The Morgan fingerprint density at radius 1 is 0.414 bits per heavy atom. The average molecular weight is 374 g/mol. The van der Waals surface area contributed by atoms with E-state index in [4.69, 9.17) is 0 Å². The predicted octanol–water partition coefficient (Wildman–Crippen LogP) is 6.90. The number of benzene rings is 4. The molecule has 1 nitrogen and oxygen atoms in total. The van der Waals surface area contributed by atoms with Gasteiger partial charge < -0.3 is 0 Å². The fourth-order valence-corrected chi connectivity index (χ4v) is 3.60. The van der Waals surface area contributed by atoms with E-state index in [9.17, 15) is 4.79 Å². The molecule has 0 saturated heterocycles. The van der Waals surface area contributed by atoms with Crippen molar-refractivity contribution >= 4 is 16.9 Å². The third kappa shape index (κ3) is 4.09.